The van der Waals surface area contributed by atoms with Gasteiger partial charge in [-0.2, -0.15) is 0 Å². The van der Waals surface area contributed by atoms with Crippen molar-refractivity contribution < 1.29 is 0 Å². The molecule has 1 nitrogen and oxygen atoms in total. The molecular weight excluding hydrogens is 206 g/mol. The van der Waals surface area contributed by atoms with Crippen LogP contribution in [-0.4, -0.2) is 6.54 Å². The average Bonchev–Trinajstić information content (AvgIpc) is 2.39. The molecule has 2 aromatic carbocycles. The monoisotopic (exact) mass is 223 g/mol. The summed E-state index contributed by atoms with van der Waals surface area (Å²) in [6, 6.07) is 17.9. The van der Waals surface area contributed by atoms with E-state index >= 15 is 0 Å². The molecule has 0 aromatic heterocycles. The molecule has 1 aliphatic heterocycles. The van der Waals surface area contributed by atoms with Gasteiger partial charge >= 0.3 is 0 Å². The molecule has 1 N–H and O–H groups in total. The van der Waals surface area contributed by atoms with Crippen LogP contribution in [0.3, 0.4) is 0 Å². The Bertz CT molecular complexity index is 516. The van der Waals surface area contributed by atoms with Crippen LogP contribution >= 0.6 is 0 Å². The maximum atomic E-state index is 3.62. The van der Waals surface area contributed by atoms with Crippen LogP contribution in [0.2, 0.25) is 0 Å². The van der Waals surface area contributed by atoms with Gasteiger partial charge in [-0.3, -0.25) is 0 Å². The second kappa shape index (κ2) is 4.34. The minimum Gasteiger partial charge on any atom is -0.306 e. The van der Waals surface area contributed by atoms with Crippen molar-refractivity contribution in [3.63, 3.8) is 0 Å². The predicted octanol–water partition coefficient (Wildman–Crippen LogP) is 3.23. The summed E-state index contributed by atoms with van der Waals surface area (Å²) in [4.78, 5) is 0. The molecule has 0 saturated heterocycles. The Morgan fingerprint density at radius 3 is 2.71 bits per heavy atom. The lowest BCUT2D eigenvalue weighted by Crippen LogP contribution is -2.30. The largest absolute Gasteiger partial charge is 0.306 e. The quantitative estimate of drug-likeness (QED) is 0.782. The van der Waals surface area contributed by atoms with Gasteiger partial charge in [0.25, 0.3) is 0 Å². The molecule has 1 aliphatic rings. The number of fused-ring (bicyclic) bond motifs is 1. The van der Waals surface area contributed by atoms with Gasteiger partial charge in [0.05, 0.1) is 6.04 Å². The predicted molar refractivity (Wildman–Crippen MR) is 71.2 cm³/mol. The van der Waals surface area contributed by atoms with E-state index in [0.29, 0.717) is 6.04 Å². The summed E-state index contributed by atoms with van der Waals surface area (Å²) >= 11 is 0. The van der Waals surface area contributed by atoms with E-state index in [1.165, 1.54) is 22.3 Å². The van der Waals surface area contributed by atoms with Gasteiger partial charge in [-0.05, 0) is 30.0 Å². The molecule has 0 unspecified atom stereocenters. The molecule has 0 amide bonds. The SMILES string of the molecule is Cc1ccc2c(c1)[C@H](c1ccccc1)NCC2. The Balaban J connectivity index is 2.08. The van der Waals surface area contributed by atoms with E-state index in [4.69, 9.17) is 0 Å². The van der Waals surface area contributed by atoms with Crippen molar-refractivity contribution in [3.05, 3.63) is 70.8 Å². The molecule has 1 heterocycles. The lowest BCUT2D eigenvalue weighted by Gasteiger charge is -2.27. The third kappa shape index (κ3) is 1.98. The van der Waals surface area contributed by atoms with Crippen molar-refractivity contribution in [1.29, 1.82) is 0 Å². The molecule has 17 heavy (non-hydrogen) atoms. The summed E-state index contributed by atoms with van der Waals surface area (Å²) in [5, 5.41) is 3.62. The smallest absolute Gasteiger partial charge is 0.0579 e. The average molecular weight is 223 g/mol. The number of nitrogens with one attached hydrogen (secondary N) is 1. The van der Waals surface area contributed by atoms with E-state index in [1.54, 1.807) is 0 Å². The molecule has 0 bridgehead atoms. The van der Waals surface area contributed by atoms with Gasteiger partial charge in [0.2, 0.25) is 0 Å². The first-order valence-electron chi connectivity index (χ1n) is 6.22. The first kappa shape index (κ1) is 10.5. The Kier molecular flexibility index (Phi) is 2.69. The molecule has 0 saturated carbocycles. The third-order valence-electron chi connectivity index (χ3n) is 3.49. The number of aryl methyl sites for hydroxylation is 1. The third-order valence-corrected chi connectivity index (χ3v) is 3.49. The van der Waals surface area contributed by atoms with E-state index in [1.807, 2.05) is 0 Å². The highest BCUT2D eigenvalue weighted by Crippen LogP contribution is 2.29. The lowest BCUT2D eigenvalue weighted by molar-refractivity contribution is 0.567. The van der Waals surface area contributed by atoms with Crippen LogP contribution in [0, 0.1) is 6.92 Å². The van der Waals surface area contributed by atoms with Crippen LogP contribution in [0.15, 0.2) is 48.5 Å². The first-order valence-corrected chi connectivity index (χ1v) is 6.22. The fourth-order valence-corrected chi connectivity index (χ4v) is 2.61. The highest BCUT2D eigenvalue weighted by molar-refractivity contribution is 5.41. The Hall–Kier alpha value is -1.60. The molecule has 1 heteroatoms. The van der Waals surface area contributed by atoms with Gasteiger partial charge in [-0.1, -0.05) is 54.1 Å². The van der Waals surface area contributed by atoms with Gasteiger partial charge in [0.1, 0.15) is 0 Å². The van der Waals surface area contributed by atoms with Gasteiger partial charge in [-0.15, -0.1) is 0 Å². The molecule has 0 aliphatic carbocycles. The standard InChI is InChI=1S/C16H17N/c1-12-7-8-13-9-10-17-16(15(13)11-12)14-5-3-2-4-6-14/h2-8,11,16-17H,9-10H2,1H3/t16-/m0/s1. The zero-order valence-electron chi connectivity index (χ0n) is 10.1. The highest BCUT2D eigenvalue weighted by atomic mass is 14.9. The van der Waals surface area contributed by atoms with Crippen LogP contribution in [0.4, 0.5) is 0 Å². The highest BCUT2D eigenvalue weighted by Gasteiger charge is 2.20. The van der Waals surface area contributed by atoms with Crippen LogP contribution in [-0.2, 0) is 6.42 Å². The molecule has 2 aromatic rings. The number of rotatable bonds is 1. The second-order valence-corrected chi connectivity index (χ2v) is 4.75. The summed E-state index contributed by atoms with van der Waals surface area (Å²) in [6.45, 7) is 3.23. The van der Waals surface area contributed by atoms with E-state index in [9.17, 15) is 0 Å². The lowest BCUT2D eigenvalue weighted by atomic mass is 9.89. The Labute approximate surface area is 102 Å². The maximum absolute atomic E-state index is 3.62. The van der Waals surface area contributed by atoms with E-state index in [2.05, 4.69) is 60.8 Å². The number of benzene rings is 2. The number of hydrogen-bond donors (Lipinski definition) is 1. The topological polar surface area (TPSA) is 12.0 Å². The van der Waals surface area contributed by atoms with Crippen molar-refractivity contribution >= 4 is 0 Å². The summed E-state index contributed by atoms with van der Waals surface area (Å²) in [6.07, 6.45) is 1.14. The van der Waals surface area contributed by atoms with Gasteiger partial charge in [0, 0.05) is 6.54 Å². The minimum absolute atomic E-state index is 0.361. The molecule has 1 atom stereocenters. The van der Waals surface area contributed by atoms with Crippen molar-refractivity contribution in [2.75, 3.05) is 6.54 Å². The van der Waals surface area contributed by atoms with Crippen LogP contribution < -0.4 is 5.32 Å². The molecular formula is C16H17N. The van der Waals surface area contributed by atoms with E-state index in [-0.39, 0.29) is 0 Å². The molecule has 3 rings (SSSR count). The van der Waals surface area contributed by atoms with Crippen LogP contribution in [0.25, 0.3) is 0 Å². The van der Waals surface area contributed by atoms with E-state index < -0.39 is 0 Å². The Morgan fingerprint density at radius 2 is 1.88 bits per heavy atom. The summed E-state index contributed by atoms with van der Waals surface area (Å²) in [7, 11) is 0. The first-order chi connectivity index (χ1) is 8.34. The Morgan fingerprint density at radius 1 is 1.06 bits per heavy atom. The van der Waals surface area contributed by atoms with Crippen molar-refractivity contribution in [2.45, 2.75) is 19.4 Å². The summed E-state index contributed by atoms with van der Waals surface area (Å²) in [5.74, 6) is 0. The zero-order valence-corrected chi connectivity index (χ0v) is 10.1. The normalized spacial score (nSPS) is 18.8. The van der Waals surface area contributed by atoms with Crippen molar-refractivity contribution in [2.24, 2.45) is 0 Å². The summed E-state index contributed by atoms with van der Waals surface area (Å²) in [5.41, 5.74) is 5.64. The van der Waals surface area contributed by atoms with Crippen molar-refractivity contribution in [1.82, 2.24) is 5.32 Å². The second-order valence-electron chi connectivity index (χ2n) is 4.75. The fraction of sp³-hybridized carbons (Fsp3) is 0.250. The van der Waals surface area contributed by atoms with Crippen LogP contribution in [0.1, 0.15) is 28.3 Å². The summed E-state index contributed by atoms with van der Waals surface area (Å²) < 4.78 is 0. The maximum Gasteiger partial charge on any atom is 0.0579 e. The number of hydrogen-bond acceptors (Lipinski definition) is 1. The van der Waals surface area contributed by atoms with Crippen molar-refractivity contribution in [3.8, 4) is 0 Å². The minimum atomic E-state index is 0.361. The van der Waals surface area contributed by atoms with Crippen LogP contribution in [0.5, 0.6) is 0 Å². The molecule has 0 spiro atoms. The van der Waals surface area contributed by atoms with Gasteiger partial charge in [0.15, 0.2) is 0 Å². The zero-order chi connectivity index (χ0) is 11.7. The molecule has 86 valence electrons. The fourth-order valence-electron chi connectivity index (χ4n) is 2.61. The van der Waals surface area contributed by atoms with Gasteiger partial charge < -0.3 is 5.32 Å². The molecule has 0 fully saturated rings. The molecule has 0 radical (unpaired) electrons. The van der Waals surface area contributed by atoms with Gasteiger partial charge in [-0.25, -0.2) is 0 Å². The van der Waals surface area contributed by atoms with E-state index in [0.717, 1.165) is 13.0 Å².